The molecule has 1 heterocycles. The molecule has 0 bridgehead atoms. The molecule has 1 aliphatic rings. The Kier molecular flexibility index (Phi) is 1.80. The van der Waals surface area contributed by atoms with Crippen LogP contribution < -0.4 is 11.1 Å². The molecule has 1 atom stereocenters. The van der Waals surface area contributed by atoms with Gasteiger partial charge in [0.2, 0.25) is 0 Å². The van der Waals surface area contributed by atoms with Crippen LogP contribution in [-0.2, 0) is 0 Å². The zero-order valence-electron chi connectivity index (χ0n) is 6.07. The number of dihydropyridines is 1. The smallest absolute Gasteiger partial charge is 0.286 e. The van der Waals surface area contributed by atoms with E-state index >= 15 is 0 Å². The van der Waals surface area contributed by atoms with Crippen molar-refractivity contribution >= 4 is 0 Å². The van der Waals surface area contributed by atoms with Gasteiger partial charge in [0.15, 0.2) is 0 Å². The van der Waals surface area contributed by atoms with Crippen LogP contribution in [0.2, 0.25) is 0 Å². The van der Waals surface area contributed by atoms with E-state index in [1.165, 1.54) is 12.3 Å². The second kappa shape index (κ2) is 2.61. The third-order valence-electron chi connectivity index (χ3n) is 1.51. The van der Waals surface area contributed by atoms with E-state index in [1.807, 2.05) is 6.92 Å². The van der Waals surface area contributed by atoms with E-state index in [-0.39, 0.29) is 11.7 Å². The molecule has 0 saturated heterocycles. The molecular weight excluding hydrogens is 146 g/mol. The predicted octanol–water partition coefficient (Wildman–Crippen LogP) is -0.0612. The lowest BCUT2D eigenvalue weighted by molar-refractivity contribution is -0.419. The van der Waals surface area contributed by atoms with E-state index in [2.05, 4.69) is 5.32 Å². The highest BCUT2D eigenvalue weighted by atomic mass is 16.6. The molecule has 0 spiro atoms. The quantitative estimate of drug-likeness (QED) is 0.410. The predicted molar refractivity (Wildman–Crippen MR) is 39.9 cm³/mol. The van der Waals surface area contributed by atoms with Gasteiger partial charge in [-0.2, -0.15) is 0 Å². The Morgan fingerprint density at radius 3 is 2.91 bits per heavy atom. The summed E-state index contributed by atoms with van der Waals surface area (Å²) >= 11 is 0. The van der Waals surface area contributed by atoms with Crippen LogP contribution in [0.15, 0.2) is 23.7 Å². The molecule has 0 radical (unpaired) electrons. The maximum absolute atomic E-state index is 10.2. The lowest BCUT2D eigenvalue weighted by atomic mass is 10.2. The molecule has 0 aromatic carbocycles. The molecule has 1 unspecified atom stereocenters. The summed E-state index contributed by atoms with van der Waals surface area (Å²) in [5.74, 6) is 0. The Bertz CT molecular complexity index is 244. The molecule has 60 valence electrons. The summed E-state index contributed by atoms with van der Waals surface area (Å²) in [5.41, 5.74) is 5.95. The fraction of sp³-hybridized carbons (Fsp3) is 0.333. The third-order valence-corrected chi connectivity index (χ3v) is 1.51. The lowest BCUT2D eigenvalue weighted by Crippen LogP contribution is -2.31. The number of allylic oxidation sites excluding steroid dienone is 1. The molecule has 1 rings (SSSR count). The Hall–Kier alpha value is -1.52. The molecular formula is C6H9N3O2. The second-order valence-electron chi connectivity index (χ2n) is 2.36. The van der Waals surface area contributed by atoms with Gasteiger partial charge in [-0.25, -0.2) is 0 Å². The van der Waals surface area contributed by atoms with Gasteiger partial charge >= 0.3 is 0 Å². The minimum absolute atomic E-state index is 0.000556. The Balaban J connectivity index is 2.83. The summed E-state index contributed by atoms with van der Waals surface area (Å²) < 4.78 is 0. The van der Waals surface area contributed by atoms with Crippen molar-refractivity contribution in [3.05, 3.63) is 33.8 Å². The fourth-order valence-electron chi connectivity index (χ4n) is 0.749. The van der Waals surface area contributed by atoms with Crippen molar-refractivity contribution in [2.45, 2.75) is 13.0 Å². The molecule has 1 aliphatic heterocycles. The van der Waals surface area contributed by atoms with E-state index in [9.17, 15) is 10.1 Å². The van der Waals surface area contributed by atoms with Crippen molar-refractivity contribution in [2.24, 2.45) is 5.73 Å². The van der Waals surface area contributed by atoms with Gasteiger partial charge < -0.3 is 11.1 Å². The number of nitrogens with zero attached hydrogens (tertiary/aromatic N) is 1. The van der Waals surface area contributed by atoms with Crippen LogP contribution in [0.25, 0.3) is 0 Å². The molecule has 11 heavy (non-hydrogen) atoms. The highest BCUT2D eigenvalue weighted by Gasteiger charge is 2.16. The molecule has 0 aliphatic carbocycles. The minimum Gasteiger partial charge on any atom is -0.400 e. The molecule has 0 amide bonds. The van der Waals surface area contributed by atoms with Crippen LogP contribution in [0.3, 0.4) is 0 Å². The summed E-state index contributed by atoms with van der Waals surface area (Å²) in [7, 11) is 0. The largest absolute Gasteiger partial charge is 0.400 e. The molecule has 5 heteroatoms. The third kappa shape index (κ3) is 1.49. The SMILES string of the molecule is CC1NC=C([N+](=O)[O-])C=C1N. The number of nitrogens with one attached hydrogen (secondary N) is 1. The first-order chi connectivity index (χ1) is 5.11. The van der Waals surface area contributed by atoms with Crippen LogP contribution in [-0.4, -0.2) is 11.0 Å². The van der Waals surface area contributed by atoms with E-state index in [0.717, 1.165) is 0 Å². The first kappa shape index (κ1) is 7.59. The molecule has 5 nitrogen and oxygen atoms in total. The van der Waals surface area contributed by atoms with Crippen molar-refractivity contribution < 1.29 is 4.92 Å². The summed E-state index contributed by atoms with van der Waals surface area (Å²) in [5, 5.41) is 13.0. The molecule has 3 N–H and O–H groups in total. The van der Waals surface area contributed by atoms with Gasteiger partial charge in [-0.15, -0.1) is 0 Å². The van der Waals surface area contributed by atoms with Crippen molar-refractivity contribution in [1.29, 1.82) is 0 Å². The van der Waals surface area contributed by atoms with E-state index in [4.69, 9.17) is 5.73 Å². The first-order valence-corrected chi connectivity index (χ1v) is 3.19. The number of nitro groups is 1. The number of hydrogen-bond acceptors (Lipinski definition) is 4. The Labute approximate surface area is 63.7 Å². The van der Waals surface area contributed by atoms with Crippen LogP contribution >= 0.6 is 0 Å². The maximum atomic E-state index is 10.2. The summed E-state index contributed by atoms with van der Waals surface area (Å²) in [4.78, 5) is 9.72. The summed E-state index contributed by atoms with van der Waals surface area (Å²) in [6, 6.07) is -0.0151. The highest BCUT2D eigenvalue weighted by molar-refractivity contribution is 5.23. The van der Waals surface area contributed by atoms with E-state index in [1.54, 1.807) is 0 Å². The van der Waals surface area contributed by atoms with Gasteiger partial charge in [0.1, 0.15) is 0 Å². The van der Waals surface area contributed by atoms with E-state index < -0.39 is 4.92 Å². The molecule has 0 saturated carbocycles. The topological polar surface area (TPSA) is 81.2 Å². The average molecular weight is 155 g/mol. The molecule has 0 aromatic rings. The zero-order chi connectivity index (χ0) is 8.43. The van der Waals surface area contributed by atoms with Gasteiger partial charge in [-0.3, -0.25) is 10.1 Å². The van der Waals surface area contributed by atoms with Crippen LogP contribution in [0.4, 0.5) is 0 Å². The zero-order valence-corrected chi connectivity index (χ0v) is 6.07. The minimum atomic E-state index is -0.480. The second-order valence-corrected chi connectivity index (χ2v) is 2.36. The molecule has 0 aromatic heterocycles. The number of rotatable bonds is 1. The fourth-order valence-corrected chi connectivity index (χ4v) is 0.749. The van der Waals surface area contributed by atoms with Gasteiger partial charge in [0, 0.05) is 11.8 Å². The van der Waals surface area contributed by atoms with Gasteiger partial charge in [-0.1, -0.05) is 0 Å². The highest BCUT2D eigenvalue weighted by Crippen LogP contribution is 2.07. The van der Waals surface area contributed by atoms with Crippen molar-refractivity contribution in [3.8, 4) is 0 Å². The maximum Gasteiger partial charge on any atom is 0.286 e. The normalized spacial score (nSPS) is 23.2. The van der Waals surface area contributed by atoms with Crippen LogP contribution in [0.1, 0.15) is 6.92 Å². The summed E-state index contributed by atoms with van der Waals surface area (Å²) in [6.45, 7) is 1.83. The van der Waals surface area contributed by atoms with Crippen molar-refractivity contribution in [1.82, 2.24) is 5.32 Å². The number of hydrogen-bond donors (Lipinski definition) is 2. The van der Waals surface area contributed by atoms with Crippen molar-refractivity contribution in [2.75, 3.05) is 0 Å². The van der Waals surface area contributed by atoms with Crippen LogP contribution in [0, 0.1) is 10.1 Å². The van der Waals surface area contributed by atoms with Crippen LogP contribution in [0.5, 0.6) is 0 Å². The Morgan fingerprint density at radius 2 is 2.45 bits per heavy atom. The standard InChI is InChI=1S/C6H9N3O2/c1-4-6(7)2-5(3-8-4)9(10)11/h2-4,8H,7H2,1H3. The Morgan fingerprint density at radius 1 is 1.82 bits per heavy atom. The molecule has 0 fully saturated rings. The van der Waals surface area contributed by atoms with E-state index in [0.29, 0.717) is 5.70 Å². The first-order valence-electron chi connectivity index (χ1n) is 3.19. The van der Waals surface area contributed by atoms with Gasteiger partial charge in [0.25, 0.3) is 5.70 Å². The van der Waals surface area contributed by atoms with Gasteiger partial charge in [0.05, 0.1) is 17.2 Å². The average Bonchev–Trinajstić information content (AvgIpc) is 1.94. The van der Waals surface area contributed by atoms with Gasteiger partial charge in [-0.05, 0) is 6.92 Å². The lowest BCUT2D eigenvalue weighted by Gasteiger charge is -2.15. The number of nitrogens with two attached hydrogens (primary N) is 1. The summed E-state index contributed by atoms with van der Waals surface area (Å²) in [6.07, 6.45) is 2.71. The monoisotopic (exact) mass is 155 g/mol. The van der Waals surface area contributed by atoms with Crippen molar-refractivity contribution in [3.63, 3.8) is 0 Å².